The molecule has 0 aliphatic carbocycles. The van der Waals surface area contributed by atoms with Crippen LogP contribution in [0.15, 0.2) is 66.5 Å². The normalized spacial score (nSPS) is 13.2. The van der Waals surface area contributed by atoms with Gasteiger partial charge >= 0.3 is 0 Å². The van der Waals surface area contributed by atoms with E-state index in [4.69, 9.17) is 0 Å². The Kier molecular flexibility index (Phi) is 4.99. The lowest BCUT2D eigenvalue weighted by Crippen LogP contribution is -2.44. The predicted octanol–water partition coefficient (Wildman–Crippen LogP) is 5.79. The Hall–Kier alpha value is -2.05. The Labute approximate surface area is 157 Å². The second kappa shape index (κ2) is 6.93. The second-order valence-electron chi connectivity index (χ2n) is 8.44. The van der Waals surface area contributed by atoms with Crippen LogP contribution in [0.4, 0.5) is 4.39 Å². The highest BCUT2D eigenvalue weighted by atomic mass is 28.3. The van der Waals surface area contributed by atoms with Crippen LogP contribution in [0.1, 0.15) is 5.56 Å². The van der Waals surface area contributed by atoms with E-state index in [1.165, 1.54) is 16.4 Å². The zero-order chi connectivity index (χ0) is 18.9. The molecule has 0 spiro atoms. The van der Waals surface area contributed by atoms with Crippen molar-refractivity contribution in [3.8, 4) is 0 Å². The first kappa shape index (κ1) is 18.7. The summed E-state index contributed by atoms with van der Waals surface area (Å²) in [5.74, 6) is -0.176. The molecule has 0 amide bonds. The summed E-state index contributed by atoms with van der Waals surface area (Å²) in [4.78, 5) is 4.68. The first-order chi connectivity index (χ1) is 12.2. The van der Waals surface area contributed by atoms with E-state index in [2.05, 4.69) is 67.7 Å². The number of hydrogen-bond acceptors (Lipinski definition) is 1. The summed E-state index contributed by atoms with van der Waals surface area (Å²) < 4.78 is 14.0. The molecule has 4 heteroatoms. The molecule has 0 saturated heterocycles. The monoisotopic (exact) mass is 379 g/mol. The molecule has 1 heterocycles. The molecule has 0 bridgehead atoms. The van der Waals surface area contributed by atoms with Gasteiger partial charge in [-0.25, -0.2) is 4.39 Å². The molecule has 3 rings (SSSR count). The lowest BCUT2D eigenvalue weighted by Gasteiger charge is -2.30. The smallest absolute Gasteiger partial charge is 0.123 e. The highest BCUT2D eigenvalue weighted by molar-refractivity contribution is 7.07. The molecule has 3 aromatic rings. The third-order valence-corrected chi connectivity index (χ3v) is 9.67. The van der Waals surface area contributed by atoms with E-state index in [0.29, 0.717) is 0 Å². The van der Waals surface area contributed by atoms with E-state index < -0.39 is 16.1 Å². The van der Waals surface area contributed by atoms with Crippen molar-refractivity contribution in [2.45, 2.75) is 32.7 Å². The van der Waals surface area contributed by atoms with Gasteiger partial charge in [-0.05, 0) is 28.9 Å². The van der Waals surface area contributed by atoms with Gasteiger partial charge in [0, 0.05) is 11.6 Å². The predicted molar refractivity (Wildman–Crippen MR) is 117 cm³/mol. The van der Waals surface area contributed by atoms with Crippen molar-refractivity contribution in [2.75, 3.05) is 0 Å². The van der Waals surface area contributed by atoms with E-state index in [9.17, 15) is 4.39 Å². The fourth-order valence-corrected chi connectivity index (χ4v) is 9.72. The van der Waals surface area contributed by atoms with Crippen LogP contribution in [-0.4, -0.2) is 21.1 Å². The Bertz CT molecular complexity index is 966. The molecule has 0 saturated carbocycles. The molecule has 2 aromatic carbocycles. The number of rotatable bonds is 4. The molecule has 0 N–H and O–H groups in total. The average Bonchev–Trinajstić information content (AvgIpc) is 2.58. The fraction of sp³-hybridized carbons (Fsp3) is 0.227. The van der Waals surface area contributed by atoms with Crippen molar-refractivity contribution in [1.29, 1.82) is 0 Å². The van der Waals surface area contributed by atoms with Gasteiger partial charge in [-0.2, -0.15) is 0 Å². The number of para-hydroxylation sites is 1. The van der Waals surface area contributed by atoms with E-state index in [0.717, 1.165) is 16.5 Å². The molecule has 1 nitrogen and oxygen atoms in total. The highest BCUT2D eigenvalue weighted by Crippen LogP contribution is 2.30. The maximum absolute atomic E-state index is 14.0. The quantitative estimate of drug-likeness (QED) is 0.523. The molecular formula is C22H26FNSi2. The Morgan fingerprint density at radius 2 is 1.62 bits per heavy atom. The molecule has 134 valence electrons. The fourth-order valence-electron chi connectivity index (χ4n) is 3.47. The van der Waals surface area contributed by atoms with Gasteiger partial charge in [0.1, 0.15) is 13.9 Å². The first-order valence-corrected chi connectivity index (χ1v) is 15.6. The van der Waals surface area contributed by atoms with Gasteiger partial charge < -0.3 is 0 Å². The SMILES string of the molecule is C[Si](C)(C)/C=C(\c1cccc(F)c1)[Si](C)(C)c1cccc2cccnc12. The minimum absolute atomic E-state index is 0.176. The third kappa shape index (κ3) is 3.86. The van der Waals surface area contributed by atoms with E-state index >= 15 is 0 Å². The molecular weight excluding hydrogens is 353 g/mol. The Morgan fingerprint density at radius 3 is 2.31 bits per heavy atom. The van der Waals surface area contributed by atoms with E-state index in [1.54, 1.807) is 6.07 Å². The van der Waals surface area contributed by atoms with Crippen molar-refractivity contribution < 1.29 is 4.39 Å². The van der Waals surface area contributed by atoms with Gasteiger partial charge in [0.2, 0.25) is 0 Å². The third-order valence-electron chi connectivity index (χ3n) is 4.69. The van der Waals surface area contributed by atoms with Crippen LogP contribution in [0.3, 0.4) is 0 Å². The number of halogens is 1. The molecule has 0 aliphatic heterocycles. The zero-order valence-electron chi connectivity index (χ0n) is 16.2. The maximum atomic E-state index is 14.0. The second-order valence-corrected chi connectivity index (χ2v) is 17.8. The lowest BCUT2D eigenvalue weighted by atomic mass is 10.2. The van der Waals surface area contributed by atoms with Gasteiger partial charge in [-0.1, -0.05) is 80.0 Å². The summed E-state index contributed by atoms with van der Waals surface area (Å²) >= 11 is 0. The van der Waals surface area contributed by atoms with Gasteiger partial charge in [0.15, 0.2) is 0 Å². The minimum Gasteiger partial charge on any atom is -0.256 e. The van der Waals surface area contributed by atoms with Gasteiger partial charge in [-0.3, -0.25) is 4.98 Å². The van der Waals surface area contributed by atoms with Crippen LogP contribution in [0.25, 0.3) is 16.1 Å². The number of benzene rings is 2. The summed E-state index contributed by atoms with van der Waals surface area (Å²) in [6, 6.07) is 17.6. The molecule has 26 heavy (non-hydrogen) atoms. The summed E-state index contributed by atoms with van der Waals surface area (Å²) in [5, 5.41) is 3.79. The Balaban J connectivity index is 2.27. The number of aromatic nitrogens is 1. The molecule has 0 unspecified atom stereocenters. The number of hydrogen-bond donors (Lipinski definition) is 0. The first-order valence-electron chi connectivity index (χ1n) is 9.02. The van der Waals surface area contributed by atoms with Gasteiger partial charge in [0.05, 0.1) is 13.6 Å². The molecule has 0 fully saturated rings. The van der Waals surface area contributed by atoms with Crippen LogP contribution in [-0.2, 0) is 0 Å². The van der Waals surface area contributed by atoms with Crippen molar-refractivity contribution in [3.05, 3.63) is 77.9 Å². The summed E-state index contributed by atoms with van der Waals surface area (Å²) in [5.41, 5.74) is 4.54. The standard InChI is InChI=1S/C22H26FNSi2/c1-25(2,3)16-21(18-10-6-12-19(23)15-18)26(4,5)20-13-7-9-17-11-8-14-24-22(17)20/h6-16H,1-5H3/b21-16+. The van der Waals surface area contributed by atoms with Gasteiger partial charge in [-0.15, -0.1) is 0 Å². The number of nitrogens with zero attached hydrogens (tertiary/aromatic N) is 1. The topological polar surface area (TPSA) is 12.9 Å². The van der Waals surface area contributed by atoms with Crippen molar-refractivity contribution in [2.24, 2.45) is 0 Å². The number of fused-ring (bicyclic) bond motifs is 1. The van der Waals surface area contributed by atoms with Crippen LogP contribution in [0, 0.1) is 5.82 Å². The van der Waals surface area contributed by atoms with Crippen LogP contribution >= 0.6 is 0 Å². The van der Waals surface area contributed by atoms with Crippen LogP contribution < -0.4 is 5.19 Å². The summed E-state index contributed by atoms with van der Waals surface area (Å²) in [7, 11) is -3.58. The summed E-state index contributed by atoms with van der Waals surface area (Å²) in [6.07, 6.45) is 1.86. The van der Waals surface area contributed by atoms with Crippen LogP contribution in [0.2, 0.25) is 32.7 Å². The minimum atomic E-state index is -2.08. The van der Waals surface area contributed by atoms with Crippen molar-refractivity contribution >= 4 is 37.4 Å². The Morgan fingerprint density at radius 1 is 0.923 bits per heavy atom. The van der Waals surface area contributed by atoms with E-state index in [-0.39, 0.29) is 5.82 Å². The van der Waals surface area contributed by atoms with Crippen LogP contribution in [0.5, 0.6) is 0 Å². The maximum Gasteiger partial charge on any atom is 0.123 e. The average molecular weight is 380 g/mol. The molecule has 0 aliphatic rings. The number of pyridine rings is 1. The highest BCUT2D eigenvalue weighted by Gasteiger charge is 2.33. The largest absolute Gasteiger partial charge is 0.256 e. The summed E-state index contributed by atoms with van der Waals surface area (Å²) in [6.45, 7) is 11.7. The lowest BCUT2D eigenvalue weighted by molar-refractivity contribution is 0.627. The van der Waals surface area contributed by atoms with Crippen molar-refractivity contribution in [1.82, 2.24) is 4.98 Å². The van der Waals surface area contributed by atoms with E-state index in [1.807, 2.05) is 24.4 Å². The van der Waals surface area contributed by atoms with Crippen molar-refractivity contribution in [3.63, 3.8) is 0 Å². The van der Waals surface area contributed by atoms with Gasteiger partial charge in [0.25, 0.3) is 0 Å². The molecule has 1 aromatic heterocycles. The molecule has 0 atom stereocenters. The molecule has 0 radical (unpaired) electrons. The zero-order valence-corrected chi connectivity index (χ0v) is 18.2.